The third-order valence-electron chi connectivity index (χ3n) is 3.03. The summed E-state index contributed by atoms with van der Waals surface area (Å²) >= 11 is 1.52. The van der Waals surface area contributed by atoms with Gasteiger partial charge in [0.1, 0.15) is 22.5 Å². The first kappa shape index (κ1) is 15.8. The first-order valence-electron chi connectivity index (χ1n) is 7.29. The van der Waals surface area contributed by atoms with Crippen LogP contribution in [0.2, 0.25) is 0 Å². The molecule has 114 valence electrons. The van der Waals surface area contributed by atoms with Crippen LogP contribution in [0.1, 0.15) is 38.3 Å². The Hall–Kier alpha value is -1.63. The van der Waals surface area contributed by atoms with Gasteiger partial charge in [0.15, 0.2) is 5.16 Å². The Morgan fingerprint density at radius 2 is 2.00 bits per heavy atom. The fraction of sp³-hybridized carbons (Fsp3) is 0.571. The maximum Gasteiger partial charge on any atom is 0.197 e. The lowest BCUT2D eigenvalue weighted by Crippen LogP contribution is -2.06. The molecule has 2 aromatic rings. The normalized spacial score (nSPS) is 10.9. The van der Waals surface area contributed by atoms with Gasteiger partial charge in [-0.05, 0) is 31.5 Å². The molecule has 0 unspecified atom stereocenters. The zero-order chi connectivity index (χ0) is 15.2. The lowest BCUT2D eigenvalue weighted by atomic mass is 10.3. The zero-order valence-corrected chi connectivity index (χ0v) is 13.9. The molecule has 0 aliphatic rings. The Labute approximate surface area is 129 Å². The van der Waals surface area contributed by atoms with Gasteiger partial charge in [-0.1, -0.05) is 13.8 Å². The summed E-state index contributed by atoms with van der Waals surface area (Å²) in [7, 11) is 1.96. The van der Waals surface area contributed by atoms with Gasteiger partial charge in [0.25, 0.3) is 0 Å². The molecule has 2 aromatic heterocycles. The SMILES string of the molecule is CCCNc1cc(Sc2nnc(C)n2C)nc(CCC)n1. The number of anilines is 1. The molecule has 0 aliphatic carbocycles. The van der Waals surface area contributed by atoms with E-state index in [1.165, 1.54) is 11.8 Å². The maximum absolute atomic E-state index is 4.61. The Morgan fingerprint density at radius 1 is 1.19 bits per heavy atom. The van der Waals surface area contributed by atoms with Gasteiger partial charge in [-0.25, -0.2) is 9.97 Å². The molecule has 6 nitrogen and oxygen atoms in total. The van der Waals surface area contributed by atoms with Gasteiger partial charge >= 0.3 is 0 Å². The molecule has 7 heteroatoms. The van der Waals surface area contributed by atoms with Crippen molar-refractivity contribution in [3.8, 4) is 0 Å². The van der Waals surface area contributed by atoms with Crippen molar-refractivity contribution in [3.05, 3.63) is 17.7 Å². The summed E-state index contributed by atoms with van der Waals surface area (Å²) in [5, 5.41) is 13.3. The van der Waals surface area contributed by atoms with Crippen molar-refractivity contribution >= 4 is 17.6 Å². The molecule has 2 rings (SSSR count). The predicted molar refractivity (Wildman–Crippen MR) is 84.7 cm³/mol. The van der Waals surface area contributed by atoms with E-state index in [0.717, 1.165) is 53.5 Å². The summed E-state index contributed by atoms with van der Waals surface area (Å²) in [5.74, 6) is 2.65. The quantitative estimate of drug-likeness (QED) is 0.793. The average molecular weight is 306 g/mol. The molecule has 0 bridgehead atoms. The summed E-state index contributed by atoms with van der Waals surface area (Å²) in [4.78, 5) is 9.16. The first-order chi connectivity index (χ1) is 10.1. The summed E-state index contributed by atoms with van der Waals surface area (Å²) in [5.41, 5.74) is 0. The molecule has 2 heterocycles. The maximum atomic E-state index is 4.61. The van der Waals surface area contributed by atoms with Crippen LogP contribution >= 0.6 is 11.8 Å². The van der Waals surface area contributed by atoms with Gasteiger partial charge in [-0.15, -0.1) is 10.2 Å². The van der Waals surface area contributed by atoms with Crippen molar-refractivity contribution in [3.63, 3.8) is 0 Å². The molecule has 0 saturated heterocycles. The molecule has 0 atom stereocenters. The van der Waals surface area contributed by atoms with E-state index in [2.05, 4.69) is 39.3 Å². The summed E-state index contributed by atoms with van der Waals surface area (Å²) in [6.07, 6.45) is 2.98. The first-order valence-corrected chi connectivity index (χ1v) is 8.11. The van der Waals surface area contributed by atoms with Crippen LogP contribution in [-0.2, 0) is 13.5 Å². The van der Waals surface area contributed by atoms with Crippen LogP contribution in [0.3, 0.4) is 0 Å². The monoisotopic (exact) mass is 306 g/mol. The van der Waals surface area contributed by atoms with Crippen LogP contribution in [0.4, 0.5) is 5.82 Å². The molecule has 0 aliphatic heterocycles. The molecule has 0 spiro atoms. The van der Waals surface area contributed by atoms with E-state index < -0.39 is 0 Å². The smallest absolute Gasteiger partial charge is 0.197 e. The number of rotatable bonds is 7. The molecular formula is C14H22N6S. The van der Waals surface area contributed by atoms with Gasteiger partial charge in [-0.2, -0.15) is 0 Å². The largest absolute Gasteiger partial charge is 0.370 e. The highest BCUT2D eigenvalue weighted by Crippen LogP contribution is 2.26. The van der Waals surface area contributed by atoms with E-state index >= 15 is 0 Å². The molecule has 0 aromatic carbocycles. The van der Waals surface area contributed by atoms with Crippen LogP contribution in [0.5, 0.6) is 0 Å². The number of hydrogen-bond donors (Lipinski definition) is 1. The second-order valence-electron chi connectivity index (χ2n) is 4.88. The number of aryl methyl sites for hydroxylation is 2. The number of hydrogen-bond acceptors (Lipinski definition) is 6. The fourth-order valence-corrected chi connectivity index (χ4v) is 2.63. The minimum absolute atomic E-state index is 0.843. The highest BCUT2D eigenvalue weighted by atomic mass is 32.2. The number of aromatic nitrogens is 5. The van der Waals surface area contributed by atoms with Crippen molar-refractivity contribution < 1.29 is 0 Å². The van der Waals surface area contributed by atoms with Crippen molar-refractivity contribution in [1.29, 1.82) is 0 Å². The van der Waals surface area contributed by atoms with Crippen LogP contribution in [0, 0.1) is 6.92 Å². The highest BCUT2D eigenvalue weighted by Gasteiger charge is 2.10. The standard InChI is InChI=1S/C14H22N6S/c1-5-7-11-16-12(15-8-6-2)9-13(17-11)21-14-19-18-10(3)20(14)4/h9H,5-8H2,1-4H3,(H,15,16,17). The van der Waals surface area contributed by atoms with Crippen molar-refractivity contribution in [2.24, 2.45) is 7.05 Å². The van der Waals surface area contributed by atoms with E-state index in [1.54, 1.807) is 0 Å². The van der Waals surface area contributed by atoms with Crippen LogP contribution in [0.25, 0.3) is 0 Å². The Kier molecular flexibility index (Phi) is 5.55. The summed E-state index contributed by atoms with van der Waals surface area (Å²) < 4.78 is 1.96. The van der Waals surface area contributed by atoms with Gasteiger partial charge in [0.2, 0.25) is 0 Å². The lowest BCUT2D eigenvalue weighted by Gasteiger charge is -2.08. The van der Waals surface area contributed by atoms with E-state index in [9.17, 15) is 0 Å². The Bertz CT molecular complexity index is 595. The summed E-state index contributed by atoms with van der Waals surface area (Å²) in [6.45, 7) is 7.12. The minimum atomic E-state index is 0.843. The van der Waals surface area contributed by atoms with Crippen molar-refractivity contribution in [2.75, 3.05) is 11.9 Å². The van der Waals surface area contributed by atoms with Crippen LogP contribution in [0.15, 0.2) is 16.2 Å². The van der Waals surface area contributed by atoms with Crippen LogP contribution < -0.4 is 5.32 Å². The van der Waals surface area contributed by atoms with E-state index in [0.29, 0.717) is 0 Å². The van der Waals surface area contributed by atoms with Gasteiger partial charge in [-0.3, -0.25) is 0 Å². The molecule has 0 fully saturated rings. The van der Waals surface area contributed by atoms with Crippen molar-refractivity contribution in [1.82, 2.24) is 24.7 Å². The third kappa shape index (κ3) is 4.17. The van der Waals surface area contributed by atoms with Gasteiger partial charge < -0.3 is 9.88 Å². The van der Waals surface area contributed by atoms with Crippen molar-refractivity contribution in [2.45, 2.75) is 50.2 Å². The molecular weight excluding hydrogens is 284 g/mol. The minimum Gasteiger partial charge on any atom is -0.370 e. The highest BCUT2D eigenvalue weighted by molar-refractivity contribution is 7.99. The predicted octanol–water partition coefficient (Wildman–Crippen LogP) is 2.84. The van der Waals surface area contributed by atoms with E-state index in [4.69, 9.17) is 0 Å². The van der Waals surface area contributed by atoms with Gasteiger partial charge in [0, 0.05) is 26.1 Å². The molecule has 0 radical (unpaired) electrons. The zero-order valence-electron chi connectivity index (χ0n) is 13.1. The van der Waals surface area contributed by atoms with E-state index in [1.807, 2.05) is 24.6 Å². The Morgan fingerprint density at radius 3 is 2.62 bits per heavy atom. The Balaban J connectivity index is 2.24. The number of nitrogens with zero attached hydrogens (tertiary/aromatic N) is 5. The van der Waals surface area contributed by atoms with E-state index in [-0.39, 0.29) is 0 Å². The second-order valence-corrected chi connectivity index (χ2v) is 5.86. The average Bonchev–Trinajstić information content (AvgIpc) is 2.77. The fourth-order valence-electron chi connectivity index (χ4n) is 1.77. The van der Waals surface area contributed by atoms with Crippen LogP contribution in [-0.4, -0.2) is 31.3 Å². The summed E-state index contributed by atoms with van der Waals surface area (Å²) in [6, 6.07) is 1.98. The number of nitrogens with one attached hydrogen (secondary N) is 1. The topological polar surface area (TPSA) is 68.5 Å². The lowest BCUT2D eigenvalue weighted by molar-refractivity contribution is 0.761. The molecule has 0 saturated carbocycles. The molecule has 0 amide bonds. The second kappa shape index (κ2) is 7.40. The third-order valence-corrected chi connectivity index (χ3v) is 3.98. The molecule has 1 N–H and O–H groups in total. The molecule has 21 heavy (non-hydrogen) atoms. The van der Waals surface area contributed by atoms with Gasteiger partial charge in [0.05, 0.1) is 0 Å².